The van der Waals surface area contributed by atoms with Crippen LogP contribution in [0.15, 0.2) is 73.1 Å². The second kappa shape index (κ2) is 8.95. The molecule has 1 aliphatic heterocycles. The quantitative estimate of drug-likeness (QED) is 0.633. The number of aromatic nitrogens is 2. The fraction of sp³-hybridized carbons (Fsp3) is 0.292. The standard InChI is InChI=1S/C24H26N4O2/c1-27(2)21-15-25-16-22(26-21)30-20-13-14-28(17-20)24(29)23(18-9-5-3-6-10-18)19-11-7-4-8-12-19/h3-12,15-16,20,23H,13-14,17H2,1-2H3. The Morgan fingerprint density at radius 1 is 1.03 bits per heavy atom. The number of rotatable bonds is 6. The van der Waals surface area contributed by atoms with Crippen LogP contribution in [0.5, 0.6) is 5.88 Å². The van der Waals surface area contributed by atoms with Crippen LogP contribution in [0, 0.1) is 0 Å². The van der Waals surface area contributed by atoms with E-state index in [1.807, 2.05) is 84.6 Å². The highest BCUT2D eigenvalue weighted by Crippen LogP contribution is 2.29. The number of carbonyl (C=O) groups is 1. The van der Waals surface area contributed by atoms with Crippen molar-refractivity contribution in [2.24, 2.45) is 0 Å². The summed E-state index contributed by atoms with van der Waals surface area (Å²) in [6.07, 6.45) is 4.00. The SMILES string of the molecule is CN(C)c1cncc(OC2CCN(C(=O)C(c3ccccc3)c3ccccc3)C2)n1. The first-order chi connectivity index (χ1) is 14.6. The van der Waals surface area contributed by atoms with Gasteiger partial charge in [0.25, 0.3) is 0 Å². The third-order valence-corrected chi connectivity index (χ3v) is 5.31. The Morgan fingerprint density at radius 3 is 2.27 bits per heavy atom. The molecule has 154 valence electrons. The monoisotopic (exact) mass is 402 g/mol. The van der Waals surface area contributed by atoms with Crippen molar-refractivity contribution in [3.05, 3.63) is 84.2 Å². The molecule has 0 saturated carbocycles. The van der Waals surface area contributed by atoms with Crippen LogP contribution in [-0.4, -0.2) is 54.1 Å². The van der Waals surface area contributed by atoms with E-state index in [1.165, 1.54) is 0 Å². The van der Waals surface area contributed by atoms with E-state index < -0.39 is 0 Å². The molecule has 0 spiro atoms. The number of carbonyl (C=O) groups excluding carboxylic acids is 1. The van der Waals surface area contributed by atoms with Crippen LogP contribution >= 0.6 is 0 Å². The van der Waals surface area contributed by atoms with Gasteiger partial charge in [-0.1, -0.05) is 60.7 Å². The van der Waals surface area contributed by atoms with Gasteiger partial charge in [-0.2, -0.15) is 4.98 Å². The number of nitrogens with zero attached hydrogens (tertiary/aromatic N) is 4. The van der Waals surface area contributed by atoms with Gasteiger partial charge < -0.3 is 14.5 Å². The summed E-state index contributed by atoms with van der Waals surface area (Å²) in [6, 6.07) is 19.9. The van der Waals surface area contributed by atoms with Crippen molar-refractivity contribution in [2.75, 3.05) is 32.1 Å². The largest absolute Gasteiger partial charge is 0.471 e. The summed E-state index contributed by atoms with van der Waals surface area (Å²) in [5.74, 6) is 1.02. The van der Waals surface area contributed by atoms with Gasteiger partial charge in [-0.3, -0.25) is 9.78 Å². The Bertz CT molecular complexity index is 939. The number of ether oxygens (including phenoxy) is 1. The number of hydrogen-bond donors (Lipinski definition) is 0. The van der Waals surface area contributed by atoms with Gasteiger partial charge in [0.1, 0.15) is 6.10 Å². The number of likely N-dealkylation sites (tertiary alicyclic amines) is 1. The number of anilines is 1. The lowest BCUT2D eigenvalue weighted by Crippen LogP contribution is -2.35. The van der Waals surface area contributed by atoms with Crippen LogP contribution in [0.2, 0.25) is 0 Å². The second-order valence-electron chi connectivity index (χ2n) is 7.68. The minimum absolute atomic E-state index is 0.0899. The molecular weight excluding hydrogens is 376 g/mol. The molecule has 1 unspecified atom stereocenters. The average Bonchev–Trinajstić information content (AvgIpc) is 3.24. The highest BCUT2D eigenvalue weighted by Gasteiger charge is 2.33. The van der Waals surface area contributed by atoms with E-state index in [0.29, 0.717) is 19.0 Å². The van der Waals surface area contributed by atoms with E-state index in [2.05, 4.69) is 9.97 Å². The van der Waals surface area contributed by atoms with Crippen molar-refractivity contribution in [1.82, 2.24) is 14.9 Å². The fourth-order valence-corrected chi connectivity index (χ4v) is 3.76. The van der Waals surface area contributed by atoms with Gasteiger partial charge in [-0.05, 0) is 11.1 Å². The van der Waals surface area contributed by atoms with Crippen molar-refractivity contribution in [3.8, 4) is 5.88 Å². The second-order valence-corrected chi connectivity index (χ2v) is 7.68. The van der Waals surface area contributed by atoms with Gasteiger partial charge >= 0.3 is 0 Å². The molecule has 1 amide bonds. The molecule has 0 aliphatic carbocycles. The van der Waals surface area contributed by atoms with Crippen molar-refractivity contribution >= 4 is 11.7 Å². The lowest BCUT2D eigenvalue weighted by molar-refractivity contribution is -0.131. The van der Waals surface area contributed by atoms with E-state index in [4.69, 9.17) is 4.74 Å². The third-order valence-electron chi connectivity index (χ3n) is 5.31. The van der Waals surface area contributed by atoms with Crippen molar-refractivity contribution < 1.29 is 9.53 Å². The maximum atomic E-state index is 13.5. The van der Waals surface area contributed by atoms with Gasteiger partial charge in [0.2, 0.25) is 11.8 Å². The lowest BCUT2D eigenvalue weighted by Gasteiger charge is -2.24. The van der Waals surface area contributed by atoms with E-state index in [-0.39, 0.29) is 17.9 Å². The first kappa shape index (κ1) is 19.9. The Hall–Kier alpha value is -3.41. The van der Waals surface area contributed by atoms with E-state index in [0.717, 1.165) is 23.4 Å². The van der Waals surface area contributed by atoms with Crippen LogP contribution in [0.4, 0.5) is 5.82 Å². The Kier molecular flexibility index (Phi) is 5.93. The summed E-state index contributed by atoms with van der Waals surface area (Å²) in [5.41, 5.74) is 2.00. The predicted molar refractivity (Wildman–Crippen MR) is 117 cm³/mol. The maximum Gasteiger partial charge on any atom is 0.234 e. The molecule has 30 heavy (non-hydrogen) atoms. The molecule has 0 radical (unpaired) electrons. The van der Waals surface area contributed by atoms with E-state index in [9.17, 15) is 4.79 Å². The highest BCUT2D eigenvalue weighted by atomic mass is 16.5. The molecule has 2 heterocycles. The van der Waals surface area contributed by atoms with Crippen LogP contribution < -0.4 is 9.64 Å². The summed E-state index contributed by atoms with van der Waals surface area (Å²) < 4.78 is 6.04. The molecule has 0 bridgehead atoms. The minimum atomic E-state index is -0.317. The first-order valence-corrected chi connectivity index (χ1v) is 10.2. The zero-order valence-corrected chi connectivity index (χ0v) is 17.3. The minimum Gasteiger partial charge on any atom is -0.471 e. The third kappa shape index (κ3) is 4.43. The van der Waals surface area contributed by atoms with Crippen LogP contribution in [0.1, 0.15) is 23.5 Å². The van der Waals surface area contributed by atoms with Gasteiger partial charge in [0.05, 0.1) is 24.9 Å². The Balaban J connectivity index is 1.49. The first-order valence-electron chi connectivity index (χ1n) is 10.2. The van der Waals surface area contributed by atoms with E-state index >= 15 is 0 Å². The summed E-state index contributed by atoms with van der Waals surface area (Å²) >= 11 is 0. The molecule has 6 nitrogen and oxygen atoms in total. The van der Waals surface area contributed by atoms with Crippen LogP contribution in [0.3, 0.4) is 0 Å². The normalized spacial score (nSPS) is 16.0. The molecule has 1 aromatic heterocycles. The molecule has 6 heteroatoms. The van der Waals surface area contributed by atoms with E-state index in [1.54, 1.807) is 12.4 Å². The highest BCUT2D eigenvalue weighted by molar-refractivity contribution is 5.87. The van der Waals surface area contributed by atoms with Crippen LogP contribution in [0.25, 0.3) is 0 Å². The summed E-state index contributed by atoms with van der Waals surface area (Å²) in [7, 11) is 3.83. The smallest absolute Gasteiger partial charge is 0.234 e. The number of hydrogen-bond acceptors (Lipinski definition) is 5. The van der Waals surface area contributed by atoms with Gasteiger partial charge in [-0.25, -0.2) is 0 Å². The van der Waals surface area contributed by atoms with Crippen molar-refractivity contribution in [1.29, 1.82) is 0 Å². The van der Waals surface area contributed by atoms with Crippen molar-refractivity contribution in [2.45, 2.75) is 18.4 Å². The zero-order valence-electron chi connectivity index (χ0n) is 17.3. The average molecular weight is 402 g/mol. The van der Waals surface area contributed by atoms with Gasteiger partial charge in [-0.15, -0.1) is 0 Å². The van der Waals surface area contributed by atoms with Gasteiger partial charge in [0, 0.05) is 27.1 Å². The van der Waals surface area contributed by atoms with Gasteiger partial charge in [0.15, 0.2) is 5.82 Å². The predicted octanol–water partition coefficient (Wildman–Crippen LogP) is 3.35. The fourth-order valence-electron chi connectivity index (χ4n) is 3.76. The Morgan fingerprint density at radius 2 is 1.67 bits per heavy atom. The maximum absolute atomic E-state index is 13.5. The Labute approximate surface area is 177 Å². The van der Waals surface area contributed by atoms with Crippen molar-refractivity contribution in [3.63, 3.8) is 0 Å². The van der Waals surface area contributed by atoms with Crippen LogP contribution in [-0.2, 0) is 4.79 Å². The molecule has 3 aromatic rings. The topological polar surface area (TPSA) is 58.6 Å². The zero-order chi connectivity index (χ0) is 20.9. The molecule has 2 aromatic carbocycles. The molecule has 1 aliphatic rings. The lowest BCUT2D eigenvalue weighted by atomic mass is 9.90. The summed E-state index contributed by atoms with van der Waals surface area (Å²) in [5, 5.41) is 0. The number of benzene rings is 2. The molecular formula is C24H26N4O2. The molecule has 4 rings (SSSR count). The molecule has 1 saturated heterocycles. The summed E-state index contributed by atoms with van der Waals surface area (Å²) in [4.78, 5) is 26.0. The molecule has 1 fully saturated rings. The molecule has 0 N–H and O–H groups in total. The molecule has 1 atom stereocenters. The summed E-state index contributed by atoms with van der Waals surface area (Å²) in [6.45, 7) is 1.21. The number of amides is 1.